The van der Waals surface area contributed by atoms with Crippen molar-refractivity contribution < 1.29 is 14.3 Å². The fourth-order valence-corrected chi connectivity index (χ4v) is 4.14. The zero-order valence-corrected chi connectivity index (χ0v) is 17.4. The van der Waals surface area contributed by atoms with Gasteiger partial charge in [0.2, 0.25) is 5.91 Å². The molecule has 0 saturated heterocycles. The summed E-state index contributed by atoms with van der Waals surface area (Å²) in [5, 5.41) is 3.47. The lowest BCUT2D eigenvalue weighted by atomic mass is 9.86. The van der Waals surface area contributed by atoms with Crippen LogP contribution in [-0.4, -0.2) is 34.9 Å². The Morgan fingerprint density at radius 2 is 2.07 bits per heavy atom. The molecule has 2 heterocycles. The first-order valence-corrected chi connectivity index (χ1v) is 10.3. The number of hydrogen-bond acceptors (Lipinski definition) is 6. The Morgan fingerprint density at radius 3 is 2.75 bits per heavy atom. The summed E-state index contributed by atoms with van der Waals surface area (Å²) in [4.78, 5) is 29.6. The molecule has 1 N–H and O–H groups in total. The summed E-state index contributed by atoms with van der Waals surface area (Å²) in [6.45, 7) is 4.45. The number of nitrogens with zero attached hydrogens (tertiary/aromatic N) is 2. The van der Waals surface area contributed by atoms with Crippen molar-refractivity contribution in [3.8, 4) is 11.5 Å². The minimum Gasteiger partial charge on any atom is -0.493 e. The highest BCUT2D eigenvalue weighted by atomic mass is 32.2. The van der Waals surface area contributed by atoms with Crippen molar-refractivity contribution in [2.24, 2.45) is 7.05 Å². The summed E-state index contributed by atoms with van der Waals surface area (Å²) in [5.41, 5.74) is 1.04. The van der Waals surface area contributed by atoms with Gasteiger partial charge in [0.1, 0.15) is 5.82 Å². The second-order valence-corrected chi connectivity index (χ2v) is 7.58. The van der Waals surface area contributed by atoms with E-state index in [2.05, 4.69) is 17.2 Å². The number of nitrogens with one attached hydrogen (secondary N) is 1. The molecule has 28 heavy (non-hydrogen) atoms. The second kappa shape index (κ2) is 8.68. The predicted molar refractivity (Wildman–Crippen MR) is 110 cm³/mol. The molecule has 2 aromatic rings. The van der Waals surface area contributed by atoms with Gasteiger partial charge in [0.25, 0.3) is 5.56 Å². The topological polar surface area (TPSA) is 82.5 Å². The van der Waals surface area contributed by atoms with Gasteiger partial charge in [-0.2, -0.15) is 4.98 Å². The Bertz CT molecular complexity index is 942. The molecule has 1 aromatic carbocycles. The second-order valence-electron chi connectivity index (χ2n) is 6.52. The van der Waals surface area contributed by atoms with Crippen LogP contribution >= 0.6 is 11.8 Å². The fraction of sp³-hybridized carbons (Fsp3) is 0.450. The summed E-state index contributed by atoms with van der Waals surface area (Å²) < 4.78 is 12.8. The van der Waals surface area contributed by atoms with Gasteiger partial charge in [0, 0.05) is 25.1 Å². The van der Waals surface area contributed by atoms with E-state index in [1.807, 2.05) is 26.1 Å². The normalized spacial score (nSPS) is 15.7. The van der Waals surface area contributed by atoms with Gasteiger partial charge in [-0.05, 0) is 31.0 Å². The van der Waals surface area contributed by atoms with Crippen LogP contribution in [0.4, 0.5) is 5.82 Å². The van der Waals surface area contributed by atoms with E-state index < -0.39 is 0 Å². The van der Waals surface area contributed by atoms with Crippen LogP contribution in [0.25, 0.3) is 0 Å². The maximum atomic E-state index is 12.9. The Hall–Kier alpha value is -2.48. The molecule has 1 unspecified atom stereocenters. The van der Waals surface area contributed by atoms with Crippen LogP contribution in [0.3, 0.4) is 0 Å². The maximum absolute atomic E-state index is 12.9. The van der Waals surface area contributed by atoms with Crippen LogP contribution in [0, 0.1) is 0 Å². The molecular weight excluding hydrogens is 378 g/mol. The number of anilines is 1. The van der Waals surface area contributed by atoms with E-state index >= 15 is 0 Å². The monoisotopic (exact) mass is 403 g/mol. The number of aromatic nitrogens is 2. The lowest BCUT2D eigenvalue weighted by Crippen LogP contribution is -2.33. The molecule has 0 radical (unpaired) electrons. The molecule has 1 amide bonds. The van der Waals surface area contributed by atoms with Crippen LogP contribution < -0.4 is 20.3 Å². The van der Waals surface area contributed by atoms with Gasteiger partial charge in [-0.15, -0.1) is 0 Å². The maximum Gasteiger partial charge on any atom is 0.279 e. The molecule has 0 fully saturated rings. The van der Waals surface area contributed by atoms with E-state index in [-0.39, 0.29) is 23.8 Å². The first kappa shape index (κ1) is 20.3. The summed E-state index contributed by atoms with van der Waals surface area (Å²) in [5.74, 6) is 2.07. The van der Waals surface area contributed by atoms with Gasteiger partial charge in [0.05, 0.1) is 19.3 Å². The van der Waals surface area contributed by atoms with Gasteiger partial charge < -0.3 is 19.4 Å². The first-order chi connectivity index (χ1) is 13.5. The van der Waals surface area contributed by atoms with Crippen molar-refractivity contribution in [2.45, 2.75) is 37.8 Å². The van der Waals surface area contributed by atoms with E-state index in [0.717, 1.165) is 17.7 Å². The Morgan fingerprint density at radius 1 is 1.29 bits per heavy atom. The Balaban J connectivity index is 2.11. The van der Waals surface area contributed by atoms with E-state index in [1.54, 1.807) is 17.7 Å². The molecule has 0 aliphatic carbocycles. The summed E-state index contributed by atoms with van der Waals surface area (Å²) in [7, 11) is 3.40. The molecule has 7 nitrogen and oxygen atoms in total. The van der Waals surface area contributed by atoms with Crippen LogP contribution in [0.2, 0.25) is 0 Å². The third kappa shape index (κ3) is 3.87. The molecule has 1 atom stereocenters. The highest BCUT2D eigenvalue weighted by Gasteiger charge is 2.32. The van der Waals surface area contributed by atoms with Gasteiger partial charge in [-0.25, -0.2) is 0 Å². The quantitative estimate of drug-likeness (QED) is 0.565. The lowest BCUT2D eigenvalue weighted by molar-refractivity contribution is -0.116. The van der Waals surface area contributed by atoms with Gasteiger partial charge in [-0.3, -0.25) is 9.59 Å². The number of benzene rings is 1. The van der Waals surface area contributed by atoms with Crippen LogP contribution in [0.15, 0.2) is 28.2 Å². The van der Waals surface area contributed by atoms with Crippen LogP contribution in [-0.2, 0) is 11.8 Å². The highest BCUT2D eigenvalue weighted by Crippen LogP contribution is 2.39. The van der Waals surface area contributed by atoms with Crippen molar-refractivity contribution in [1.29, 1.82) is 0 Å². The summed E-state index contributed by atoms with van der Waals surface area (Å²) in [6, 6.07) is 5.51. The third-order valence-corrected chi connectivity index (χ3v) is 5.86. The molecule has 0 bridgehead atoms. The van der Waals surface area contributed by atoms with Crippen LogP contribution in [0.5, 0.6) is 11.5 Å². The van der Waals surface area contributed by atoms with Crippen molar-refractivity contribution >= 4 is 23.5 Å². The fourth-order valence-electron chi connectivity index (χ4n) is 3.32. The summed E-state index contributed by atoms with van der Waals surface area (Å²) in [6.07, 6.45) is 1.15. The number of carbonyl (C=O) groups excluding carboxylic acids is 1. The molecule has 8 heteroatoms. The zero-order valence-electron chi connectivity index (χ0n) is 16.6. The number of thioether (sulfide) groups is 1. The number of amides is 1. The van der Waals surface area contributed by atoms with Crippen molar-refractivity contribution in [1.82, 2.24) is 9.55 Å². The van der Waals surface area contributed by atoms with Crippen molar-refractivity contribution in [2.75, 3.05) is 24.8 Å². The highest BCUT2D eigenvalue weighted by molar-refractivity contribution is 7.99. The number of methoxy groups -OCH3 is 1. The average Bonchev–Trinajstić information content (AvgIpc) is 2.69. The predicted octanol–water partition coefficient (Wildman–Crippen LogP) is 3.16. The van der Waals surface area contributed by atoms with Gasteiger partial charge >= 0.3 is 0 Å². The van der Waals surface area contributed by atoms with E-state index in [1.165, 1.54) is 11.8 Å². The van der Waals surface area contributed by atoms with Crippen molar-refractivity contribution in [3.63, 3.8) is 0 Å². The number of carbonyl (C=O) groups is 1. The molecule has 1 aromatic heterocycles. The van der Waals surface area contributed by atoms with E-state index in [4.69, 9.17) is 9.47 Å². The lowest BCUT2D eigenvalue weighted by Gasteiger charge is -2.28. The van der Waals surface area contributed by atoms with Crippen molar-refractivity contribution in [3.05, 3.63) is 39.7 Å². The smallest absolute Gasteiger partial charge is 0.279 e. The zero-order chi connectivity index (χ0) is 20.3. The Kier molecular flexibility index (Phi) is 6.28. The minimum absolute atomic E-state index is 0.126. The number of rotatable bonds is 7. The molecule has 1 aliphatic rings. The molecule has 3 rings (SSSR count). The molecule has 0 spiro atoms. The van der Waals surface area contributed by atoms with Crippen LogP contribution in [0.1, 0.15) is 43.7 Å². The molecule has 0 saturated carbocycles. The Labute approximate surface area is 168 Å². The summed E-state index contributed by atoms with van der Waals surface area (Å²) >= 11 is 1.51. The number of hydrogen-bond donors (Lipinski definition) is 1. The van der Waals surface area contributed by atoms with Gasteiger partial charge in [0.15, 0.2) is 16.7 Å². The molecular formula is C20H25N3O4S. The first-order valence-electron chi connectivity index (χ1n) is 9.34. The largest absolute Gasteiger partial charge is 0.493 e. The molecule has 1 aliphatic heterocycles. The third-order valence-electron chi connectivity index (χ3n) is 4.63. The van der Waals surface area contributed by atoms with E-state index in [9.17, 15) is 9.59 Å². The number of ether oxygens (including phenoxy) is 2. The van der Waals surface area contributed by atoms with E-state index in [0.29, 0.717) is 34.6 Å². The van der Waals surface area contributed by atoms with Gasteiger partial charge in [-0.1, -0.05) is 24.8 Å². The number of fused-ring (bicyclic) bond motifs is 1. The minimum atomic E-state index is -0.384. The SMILES string of the molecule is CCCSc1nc(=O)c2c(n1C)NC(=O)CC2c1ccc(OC)c(OCC)c1. The average molecular weight is 404 g/mol. The standard InChI is InChI=1S/C20H25N3O4S/c1-5-9-28-20-22-19(25)17-13(11-16(24)21-18(17)23(20)3)12-7-8-14(26-4)15(10-12)27-6-2/h7-8,10,13H,5-6,9,11H2,1-4H3,(H,21,24). The molecule has 150 valence electrons.